The van der Waals surface area contributed by atoms with Gasteiger partial charge in [-0.15, -0.1) is 11.3 Å². The lowest BCUT2D eigenvalue weighted by atomic mass is 10.1. The Bertz CT molecular complexity index is 493. The topological polar surface area (TPSA) is 20.2 Å². The summed E-state index contributed by atoms with van der Waals surface area (Å²) in [7, 11) is 0. The van der Waals surface area contributed by atoms with Gasteiger partial charge in [0.2, 0.25) is 0 Å². The van der Waals surface area contributed by atoms with Gasteiger partial charge in [0.1, 0.15) is 6.10 Å². The highest BCUT2D eigenvalue weighted by molar-refractivity contribution is 14.1. The van der Waals surface area contributed by atoms with Gasteiger partial charge in [0.15, 0.2) is 0 Å². The van der Waals surface area contributed by atoms with Crippen molar-refractivity contribution in [2.24, 2.45) is 0 Å². The van der Waals surface area contributed by atoms with Crippen LogP contribution in [0.2, 0.25) is 0 Å². The largest absolute Gasteiger partial charge is 0.383 e. The third-order valence-corrected chi connectivity index (χ3v) is 6.42. The van der Waals surface area contributed by atoms with Crippen LogP contribution in [0, 0.1) is 3.57 Å². The van der Waals surface area contributed by atoms with E-state index in [0.29, 0.717) is 0 Å². The lowest BCUT2D eigenvalue weighted by Gasteiger charge is -2.10. The van der Waals surface area contributed by atoms with Gasteiger partial charge >= 0.3 is 0 Å². The first-order valence-electron chi connectivity index (χ1n) is 4.47. The highest BCUT2D eigenvalue weighted by atomic mass is 127. The maximum absolute atomic E-state index is 10.3. The van der Waals surface area contributed by atoms with Crippen LogP contribution in [0.15, 0.2) is 38.6 Å². The van der Waals surface area contributed by atoms with Crippen LogP contribution in [0.25, 0.3) is 0 Å². The molecular weight excluding hydrogens is 467 g/mol. The number of hydrogen-bond acceptors (Lipinski definition) is 2. The zero-order valence-corrected chi connectivity index (χ0v) is 14.1. The number of thiophene rings is 1. The minimum atomic E-state index is -0.555. The van der Waals surface area contributed by atoms with Crippen LogP contribution in [-0.4, -0.2) is 5.11 Å². The molecule has 0 bridgehead atoms. The van der Waals surface area contributed by atoms with Crippen molar-refractivity contribution >= 4 is 65.8 Å². The summed E-state index contributed by atoms with van der Waals surface area (Å²) in [4.78, 5) is 0.933. The summed E-state index contributed by atoms with van der Waals surface area (Å²) in [6.07, 6.45) is -0.555. The van der Waals surface area contributed by atoms with Crippen molar-refractivity contribution in [3.05, 3.63) is 52.6 Å². The third-order valence-electron chi connectivity index (χ3n) is 2.13. The SMILES string of the molecule is OC(c1cc(Br)c(Br)s1)c1ccccc1I. The minimum Gasteiger partial charge on any atom is -0.383 e. The van der Waals surface area contributed by atoms with E-state index < -0.39 is 6.10 Å². The summed E-state index contributed by atoms with van der Waals surface area (Å²) >= 11 is 10.6. The number of rotatable bonds is 2. The molecule has 5 heteroatoms. The molecule has 1 heterocycles. The van der Waals surface area contributed by atoms with Crippen LogP contribution in [-0.2, 0) is 0 Å². The first-order chi connectivity index (χ1) is 7.59. The zero-order valence-electron chi connectivity index (χ0n) is 7.95. The van der Waals surface area contributed by atoms with Gasteiger partial charge in [-0.05, 0) is 72.1 Å². The van der Waals surface area contributed by atoms with Gasteiger partial charge in [-0.25, -0.2) is 0 Å². The normalized spacial score (nSPS) is 12.8. The fraction of sp³-hybridized carbons (Fsp3) is 0.0909. The van der Waals surface area contributed by atoms with E-state index in [1.807, 2.05) is 30.3 Å². The van der Waals surface area contributed by atoms with Crippen molar-refractivity contribution in [2.75, 3.05) is 0 Å². The maximum Gasteiger partial charge on any atom is 0.114 e. The van der Waals surface area contributed by atoms with Crippen LogP contribution in [0.5, 0.6) is 0 Å². The average molecular weight is 474 g/mol. The molecule has 0 radical (unpaired) electrons. The zero-order chi connectivity index (χ0) is 11.7. The molecule has 0 saturated carbocycles. The van der Waals surface area contributed by atoms with Gasteiger partial charge in [0.05, 0.1) is 3.79 Å². The van der Waals surface area contributed by atoms with Crippen molar-refractivity contribution in [3.63, 3.8) is 0 Å². The van der Waals surface area contributed by atoms with E-state index in [-0.39, 0.29) is 0 Å². The molecule has 0 saturated heterocycles. The monoisotopic (exact) mass is 472 g/mol. The molecule has 1 N–H and O–H groups in total. The lowest BCUT2D eigenvalue weighted by Crippen LogP contribution is -1.99. The Kier molecular flexibility index (Phi) is 4.45. The number of halogens is 3. The second-order valence-electron chi connectivity index (χ2n) is 3.19. The van der Waals surface area contributed by atoms with Gasteiger partial charge in [0, 0.05) is 12.9 Å². The van der Waals surface area contributed by atoms with Crippen LogP contribution < -0.4 is 0 Å². The molecule has 0 aliphatic carbocycles. The fourth-order valence-corrected chi connectivity index (χ4v) is 4.13. The molecule has 0 aliphatic heterocycles. The van der Waals surface area contributed by atoms with E-state index in [4.69, 9.17) is 0 Å². The van der Waals surface area contributed by atoms with Crippen molar-refractivity contribution in [2.45, 2.75) is 6.10 Å². The Hall–Kier alpha value is 0.570. The van der Waals surface area contributed by atoms with Crippen LogP contribution >= 0.6 is 65.8 Å². The molecule has 0 fully saturated rings. The molecule has 1 unspecified atom stereocenters. The predicted molar refractivity (Wildman–Crippen MR) is 82.9 cm³/mol. The summed E-state index contributed by atoms with van der Waals surface area (Å²) in [5, 5.41) is 10.3. The highest BCUT2D eigenvalue weighted by Crippen LogP contribution is 2.38. The Morgan fingerprint density at radius 3 is 2.50 bits per heavy atom. The predicted octanol–water partition coefficient (Wildman–Crippen LogP) is 4.96. The second-order valence-corrected chi connectivity index (χ2v) is 7.61. The summed E-state index contributed by atoms with van der Waals surface area (Å²) in [6.45, 7) is 0. The molecule has 1 nitrogen and oxygen atoms in total. The first kappa shape index (κ1) is 13.0. The second kappa shape index (κ2) is 5.48. The van der Waals surface area contributed by atoms with E-state index in [1.165, 1.54) is 0 Å². The van der Waals surface area contributed by atoms with Gasteiger partial charge in [-0.3, -0.25) is 0 Å². The molecule has 1 atom stereocenters. The number of benzene rings is 1. The third kappa shape index (κ3) is 2.69. The molecule has 0 amide bonds. The summed E-state index contributed by atoms with van der Waals surface area (Å²) < 4.78 is 3.07. The molecule has 2 rings (SSSR count). The first-order valence-corrected chi connectivity index (χ1v) is 7.95. The van der Waals surface area contributed by atoms with E-state index >= 15 is 0 Å². The van der Waals surface area contributed by atoms with Gasteiger partial charge in [0.25, 0.3) is 0 Å². The molecule has 2 aromatic rings. The number of aliphatic hydroxyl groups is 1. The molecule has 1 aromatic heterocycles. The van der Waals surface area contributed by atoms with Gasteiger partial charge < -0.3 is 5.11 Å². The molecule has 16 heavy (non-hydrogen) atoms. The fourth-order valence-electron chi connectivity index (χ4n) is 1.35. The number of aliphatic hydroxyl groups excluding tert-OH is 1. The highest BCUT2D eigenvalue weighted by Gasteiger charge is 2.16. The van der Waals surface area contributed by atoms with Crippen molar-refractivity contribution in [1.82, 2.24) is 0 Å². The Labute approximate surface area is 128 Å². The summed E-state index contributed by atoms with van der Waals surface area (Å²) in [6, 6.07) is 9.81. The van der Waals surface area contributed by atoms with Crippen molar-refractivity contribution in [3.8, 4) is 0 Å². The minimum absolute atomic E-state index is 0.555. The van der Waals surface area contributed by atoms with Crippen molar-refractivity contribution < 1.29 is 5.11 Å². The van der Waals surface area contributed by atoms with Gasteiger partial charge in [-0.1, -0.05) is 18.2 Å². The van der Waals surface area contributed by atoms with Crippen LogP contribution in [0.4, 0.5) is 0 Å². The Balaban J connectivity index is 2.39. The Morgan fingerprint density at radius 2 is 1.94 bits per heavy atom. The molecular formula is C11H7Br2IOS. The lowest BCUT2D eigenvalue weighted by molar-refractivity contribution is 0.223. The van der Waals surface area contributed by atoms with E-state index in [2.05, 4.69) is 54.5 Å². The quantitative estimate of drug-likeness (QED) is 0.611. The van der Waals surface area contributed by atoms with Crippen LogP contribution in [0.1, 0.15) is 16.5 Å². The van der Waals surface area contributed by atoms with Gasteiger partial charge in [-0.2, -0.15) is 0 Å². The number of hydrogen-bond donors (Lipinski definition) is 1. The van der Waals surface area contributed by atoms with Crippen LogP contribution in [0.3, 0.4) is 0 Å². The summed E-state index contributed by atoms with van der Waals surface area (Å²) in [5.74, 6) is 0. The molecule has 0 aliphatic rings. The summed E-state index contributed by atoms with van der Waals surface area (Å²) in [5.41, 5.74) is 0.948. The smallest absolute Gasteiger partial charge is 0.114 e. The molecule has 1 aromatic carbocycles. The standard InChI is InChI=1S/C11H7Br2IOS/c12-7-5-9(16-11(7)13)10(15)6-3-1-2-4-8(6)14/h1-5,10,15H. The van der Waals surface area contributed by atoms with E-state index in [1.54, 1.807) is 11.3 Å². The molecule has 0 spiro atoms. The van der Waals surface area contributed by atoms with E-state index in [0.717, 1.165) is 22.3 Å². The Morgan fingerprint density at radius 1 is 1.25 bits per heavy atom. The molecule has 84 valence electrons. The van der Waals surface area contributed by atoms with E-state index in [9.17, 15) is 5.11 Å². The average Bonchev–Trinajstić information content (AvgIpc) is 2.59. The van der Waals surface area contributed by atoms with Crippen molar-refractivity contribution in [1.29, 1.82) is 0 Å². The maximum atomic E-state index is 10.3.